The lowest BCUT2D eigenvalue weighted by atomic mass is 10.1. The first-order chi connectivity index (χ1) is 16.2. The van der Waals surface area contributed by atoms with Gasteiger partial charge in [-0.3, -0.25) is 0 Å². The summed E-state index contributed by atoms with van der Waals surface area (Å²) in [6.07, 6.45) is -4.70. The number of benzene rings is 2. The largest absolute Gasteiger partial charge is 0.465 e. The van der Waals surface area contributed by atoms with Crippen LogP contribution in [0.3, 0.4) is 0 Å². The van der Waals surface area contributed by atoms with Crippen molar-refractivity contribution in [3.8, 4) is 11.4 Å². The van der Waals surface area contributed by atoms with Crippen LogP contribution in [-0.4, -0.2) is 45.0 Å². The summed E-state index contributed by atoms with van der Waals surface area (Å²) in [5.74, 6) is 0.702. The van der Waals surface area contributed by atoms with Crippen LogP contribution in [0.5, 0.6) is 0 Å². The second kappa shape index (κ2) is 9.54. The molecule has 3 aromatic rings. The monoisotopic (exact) mass is 474 g/mol. The van der Waals surface area contributed by atoms with Crippen molar-refractivity contribution in [3.63, 3.8) is 0 Å². The Morgan fingerprint density at radius 2 is 1.91 bits per heavy atom. The van der Waals surface area contributed by atoms with Gasteiger partial charge in [0.2, 0.25) is 11.7 Å². The number of carboxylic acid groups (broad SMARTS) is 1. The van der Waals surface area contributed by atoms with E-state index in [1.807, 2.05) is 12.1 Å². The summed E-state index contributed by atoms with van der Waals surface area (Å²) >= 11 is 0. The summed E-state index contributed by atoms with van der Waals surface area (Å²) < 4.78 is 43.2. The lowest BCUT2D eigenvalue weighted by Gasteiger charge is -2.09. The second-order valence-electron chi connectivity index (χ2n) is 7.89. The van der Waals surface area contributed by atoms with Crippen molar-refractivity contribution >= 4 is 11.8 Å². The summed E-state index contributed by atoms with van der Waals surface area (Å²) in [6, 6.07) is 12.0. The Balaban J connectivity index is 1.34. The third kappa shape index (κ3) is 5.36. The SMILES string of the molecule is CC(=NOCc1ccc(C(F)(F)F)cc1)c1ccc(-c2noc(C3CCN(C(=O)O)C3)n2)cc1. The van der Waals surface area contributed by atoms with Crippen molar-refractivity contribution in [1.82, 2.24) is 15.0 Å². The van der Waals surface area contributed by atoms with Crippen LogP contribution in [0.15, 0.2) is 58.2 Å². The molecule has 1 saturated heterocycles. The predicted molar refractivity (Wildman–Crippen MR) is 115 cm³/mol. The Bertz CT molecular complexity index is 1170. The quantitative estimate of drug-likeness (QED) is 0.391. The van der Waals surface area contributed by atoms with E-state index < -0.39 is 17.8 Å². The van der Waals surface area contributed by atoms with E-state index in [2.05, 4.69) is 15.3 Å². The van der Waals surface area contributed by atoms with E-state index in [9.17, 15) is 18.0 Å². The smallest absolute Gasteiger partial charge is 0.416 e. The molecule has 2 aromatic carbocycles. The molecule has 1 unspecified atom stereocenters. The Morgan fingerprint density at radius 1 is 1.21 bits per heavy atom. The Kier molecular flexibility index (Phi) is 6.53. The summed E-state index contributed by atoms with van der Waals surface area (Å²) in [5.41, 5.74) is 1.96. The molecule has 0 radical (unpaired) electrons. The van der Waals surface area contributed by atoms with Gasteiger partial charge in [-0.15, -0.1) is 0 Å². The summed E-state index contributed by atoms with van der Waals surface area (Å²) in [6.45, 7) is 2.56. The molecular formula is C23H21F3N4O4. The number of hydrogen-bond donors (Lipinski definition) is 1. The van der Waals surface area contributed by atoms with Gasteiger partial charge in [-0.05, 0) is 36.6 Å². The maximum atomic E-state index is 12.6. The van der Waals surface area contributed by atoms with Crippen LogP contribution in [0.25, 0.3) is 11.4 Å². The molecule has 1 amide bonds. The van der Waals surface area contributed by atoms with E-state index >= 15 is 0 Å². The van der Waals surface area contributed by atoms with Gasteiger partial charge in [0.25, 0.3) is 0 Å². The Hall–Kier alpha value is -3.89. The van der Waals surface area contributed by atoms with Gasteiger partial charge in [-0.1, -0.05) is 46.7 Å². The normalized spacial score (nSPS) is 16.6. The zero-order valence-corrected chi connectivity index (χ0v) is 18.1. The molecule has 0 bridgehead atoms. The topological polar surface area (TPSA) is 101 Å². The van der Waals surface area contributed by atoms with Crippen LogP contribution in [0.4, 0.5) is 18.0 Å². The lowest BCUT2D eigenvalue weighted by molar-refractivity contribution is -0.137. The molecule has 178 valence electrons. The molecule has 4 rings (SSSR count). The van der Waals surface area contributed by atoms with Gasteiger partial charge >= 0.3 is 12.3 Å². The summed E-state index contributed by atoms with van der Waals surface area (Å²) in [7, 11) is 0. The zero-order valence-electron chi connectivity index (χ0n) is 18.1. The molecule has 1 N–H and O–H groups in total. The molecular weight excluding hydrogens is 453 g/mol. The van der Waals surface area contributed by atoms with Gasteiger partial charge in [0.1, 0.15) is 6.61 Å². The number of rotatable bonds is 6. The number of oxime groups is 1. The highest BCUT2D eigenvalue weighted by Gasteiger charge is 2.31. The number of carbonyl (C=O) groups is 1. The molecule has 1 aliphatic heterocycles. The van der Waals surface area contributed by atoms with E-state index in [1.165, 1.54) is 17.0 Å². The number of amides is 1. The molecule has 8 nitrogen and oxygen atoms in total. The van der Waals surface area contributed by atoms with E-state index in [0.29, 0.717) is 42.5 Å². The number of nitrogens with zero attached hydrogens (tertiary/aromatic N) is 4. The average molecular weight is 474 g/mol. The van der Waals surface area contributed by atoms with Gasteiger partial charge in [-0.25, -0.2) is 4.79 Å². The van der Waals surface area contributed by atoms with Crippen LogP contribution >= 0.6 is 0 Å². The molecule has 0 aliphatic carbocycles. The van der Waals surface area contributed by atoms with Crippen molar-refractivity contribution in [1.29, 1.82) is 0 Å². The number of alkyl halides is 3. The standard InChI is InChI=1S/C23H21F3N4O4/c1-14(28-33-13-15-2-8-19(9-3-15)23(24,25)26)16-4-6-17(7-5-16)20-27-21(34-29-20)18-10-11-30(12-18)22(31)32/h2-9,18H,10-13H2,1H3,(H,31,32). The molecule has 0 saturated carbocycles. The predicted octanol–water partition coefficient (Wildman–Crippen LogP) is 5.16. The highest BCUT2D eigenvalue weighted by molar-refractivity contribution is 5.98. The van der Waals surface area contributed by atoms with Crippen LogP contribution in [0, 0.1) is 0 Å². The second-order valence-corrected chi connectivity index (χ2v) is 7.89. The fraction of sp³-hybridized carbons (Fsp3) is 0.304. The fourth-order valence-electron chi connectivity index (χ4n) is 3.56. The maximum Gasteiger partial charge on any atom is 0.416 e. The van der Waals surface area contributed by atoms with Crippen molar-refractivity contribution in [3.05, 3.63) is 71.1 Å². The first-order valence-corrected chi connectivity index (χ1v) is 10.5. The van der Waals surface area contributed by atoms with E-state index in [0.717, 1.165) is 23.3 Å². The summed E-state index contributed by atoms with van der Waals surface area (Å²) in [5, 5.41) is 17.1. The van der Waals surface area contributed by atoms with Gasteiger partial charge in [0.05, 0.1) is 17.2 Å². The van der Waals surface area contributed by atoms with Crippen LogP contribution in [-0.2, 0) is 17.6 Å². The summed E-state index contributed by atoms with van der Waals surface area (Å²) in [4.78, 5) is 22.1. The minimum Gasteiger partial charge on any atom is -0.465 e. The molecule has 0 spiro atoms. The van der Waals surface area contributed by atoms with Crippen molar-refractivity contribution < 1.29 is 32.4 Å². The van der Waals surface area contributed by atoms with Gasteiger partial charge < -0.3 is 19.4 Å². The van der Waals surface area contributed by atoms with Gasteiger partial charge in [0, 0.05) is 18.7 Å². The lowest BCUT2D eigenvalue weighted by Crippen LogP contribution is -2.26. The Labute approximate surface area is 192 Å². The Morgan fingerprint density at radius 3 is 2.53 bits per heavy atom. The van der Waals surface area contributed by atoms with Crippen LogP contribution in [0.2, 0.25) is 0 Å². The van der Waals surface area contributed by atoms with Gasteiger partial charge in [0.15, 0.2) is 0 Å². The number of hydrogen-bond acceptors (Lipinski definition) is 6. The maximum absolute atomic E-state index is 12.6. The highest BCUT2D eigenvalue weighted by atomic mass is 19.4. The third-order valence-corrected chi connectivity index (χ3v) is 5.52. The van der Waals surface area contributed by atoms with Crippen LogP contribution < -0.4 is 0 Å². The highest BCUT2D eigenvalue weighted by Crippen LogP contribution is 2.29. The molecule has 2 heterocycles. The molecule has 34 heavy (non-hydrogen) atoms. The average Bonchev–Trinajstić information content (AvgIpc) is 3.49. The molecule has 1 atom stereocenters. The number of aromatic nitrogens is 2. The first kappa shape index (κ1) is 23.3. The van der Waals surface area contributed by atoms with Crippen molar-refractivity contribution in [2.45, 2.75) is 32.0 Å². The molecule has 1 aliphatic rings. The minimum atomic E-state index is -4.37. The van der Waals surface area contributed by atoms with Gasteiger partial charge in [-0.2, -0.15) is 18.2 Å². The third-order valence-electron chi connectivity index (χ3n) is 5.52. The van der Waals surface area contributed by atoms with E-state index in [1.54, 1.807) is 19.1 Å². The van der Waals surface area contributed by atoms with Crippen molar-refractivity contribution in [2.24, 2.45) is 5.16 Å². The zero-order chi connectivity index (χ0) is 24.3. The minimum absolute atomic E-state index is 0.0413. The first-order valence-electron chi connectivity index (χ1n) is 10.5. The van der Waals surface area contributed by atoms with Crippen molar-refractivity contribution in [2.75, 3.05) is 13.1 Å². The fourth-order valence-corrected chi connectivity index (χ4v) is 3.56. The molecule has 11 heteroatoms. The molecule has 1 aromatic heterocycles. The van der Waals surface area contributed by atoms with E-state index in [4.69, 9.17) is 14.5 Å². The number of likely N-dealkylation sites (tertiary alicyclic amines) is 1. The number of halogens is 3. The van der Waals surface area contributed by atoms with E-state index in [-0.39, 0.29) is 12.5 Å². The molecule has 1 fully saturated rings. The van der Waals surface area contributed by atoms with Crippen LogP contribution in [0.1, 0.15) is 41.8 Å².